The third-order valence-corrected chi connectivity index (χ3v) is 6.94. The fraction of sp³-hybridized carbons (Fsp3) is 0.333. The summed E-state index contributed by atoms with van der Waals surface area (Å²) in [6.07, 6.45) is 4.37. The predicted octanol–water partition coefficient (Wildman–Crippen LogP) is 6.87. The van der Waals surface area contributed by atoms with E-state index in [4.69, 9.17) is 0 Å². The second kappa shape index (κ2) is 10.6. The van der Waals surface area contributed by atoms with Crippen LogP contribution in [-0.2, 0) is 0 Å². The standard InChI is InChI=1S/C30H24N6/c1-5-7-9-21-23(15-35)25-17(3)28-26(18(4)27(25)29(21)19(11-31)12-32)24(16-36)22(10-8-6-2)30(28)20(13-33)14-34/h5-10H2,1-4H3. The minimum absolute atomic E-state index is 0.0627. The molecule has 3 rings (SSSR count). The summed E-state index contributed by atoms with van der Waals surface area (Å²) in [6, 6.07) is 12.7. The SMILES string of the molecule is CCCCC1=C(C#N)c2c(C)c3c(c(C)c2C1=C(C#N)C#N)C(C#N)=C(CCCC)C3=C(C#N)C#N. The third kappa shape index (κ3) is 3.68. The zero-order valence-corrected chi connectivity index (χ0v) is 20.9. The van der Waals surface area contributed by atoms with E-state index >= 15 is 0 Å². The number of allylic oxidation sites excluding steroid dienone is 8. The van der Waals surface area contributed by atoms with Gasteiger partial charge in [-0.25, -0.2) is 0 Å². The molecule has 0 fully saturated rings. The van der Waals surface area contributed by atoms with Gasteiger partial charge in [0.2, 0.25) is 0 Å². The molecule has 0 atom stereocenters. The van der Waals surface area contributed by atoms with Gasteiger partial charge in [0.1, 0.15) is 47.6 Å². The lowest BCUT2D eigenvalue weighted by Gasteiger charge is -2.18. The molecule has 0 unspecified atom stereocenters. The number of unbranched alkanes of at least 4 members (excludes halogenated alkanes) is 2. The first-order valence-corrected chi connectivity index (χ1v) is 12.0. The average Bonchev–Trinajstić information content (AvgIpc) is 3.39. The van der Waals surface area contributed by atoms with E-state index in [9.17, 15) is 31.6 Å². The van der Waals surface area contributed by atoms with Crippen molar-refractivity contribution < 1.29 is 0 Å². The molecule has 0 saturated heterocycles. The summed E-state index contributed by atoms with van der Waals surface area (Å²) in [6.45, 7) is 7.72. The first kappa shape index (κ1) is 25.7. The van der Waals surface area contributed by atoms with Crippen molar-refractivity contribution in [3.63, 3.8) is 0 Å². The van der Waals surface area contributed by atoms with Gasteiger partial charge in [-0.1, -0.05) is 26.7 Å². The molecule has 0 radical (unpaired) electrons. The Labute approximate surface area is 212 Å². The minimum atomic E-state index is -0.0627. The summed E-state index contributed by atoms with van der Waals surface area (Å²) in [5, 5.41) is 59.7. The topological polar surface area (TPSA) is 143 Å². The largest absolute Gasteiger partial charge is 0.192 e. The molecule has 0 N–H and O–H groups in total. The maximum Gasteiger partial charge on any atom is 0.137 e. The Morgan fingerprint density at radius 2 is 0.889 bits per heavy atom. The van der Waals surface area contributed by atoms with E-state index in [1.807, 2.05) is 52.0 Å². The Kier molecular flexibility index (Phi) is 7.57. The molecule has 174 valence electrons. The first-order chi connectivity index (χ1) is 17.4. The summed E-state index contributed by atoms with van der Waals surface area (Å²) in [5.74, 6) is 0. The van der Waals surface area contributed by atoms with Gasteiger partial charge in [-0.05, 0) is 72.9 Å². The van der Waals surface area contributed by atoms with Crippen LogP contribution in [-0.4, -0.2) is 0 Å². The monoisotopic (exact) mass is 468 g/mol. The van der Waals surface area contributed by atoms with Crippen LogP contribution in [0.2, 0.25) is 0 Å². The van der Waals surface area contributed by atoms with Gasteiger partial charge >= 0.3 is 0 Å². The van der Waals surface area contributed by atoms with Gasteiger partial charge in [0.15, 0.2) is 0 Å². The van der Waals surface area contributed by atoms with Gasteiger partial charge < -0.3 is 0 Å². The highest BCUT2D eigenvalue weighted by Gasteiger charge is 2.39. The normalized spacial score (nSPS) is 13.2. The Hall–Kier alpha value is -4.88. The van der Waals surface area contributed by atoms with Crippen LogP contribution >= 0.6 is 0 Å². The van der Waals surface area contributed by atoms with E-state index in [0.29, 0.717) is 79.7 Å². The number of nitrogens with zero attached hydrogens (tertiary/aromatic N) is 6. The van der Waals surface area contributed by atoms with E-state index in [-0.39, 0.29) is 11.1 Å². The summed E-state index contributed by atoms with van der Waals surface area (Å²) >= 11 is 0. The van der Waals surface area contributed by atoms with Crippen LogP contribution in [0.15, 0.2) is 22.3 Å². The smallest absolute Gasteiger partial charge is 0.137 e. The highest BCUT2D eigenvalue weighted by molar-refractivity contribution is 6.14. The van der Waals surface area contributed by atoms with E-state index in [1.54, 1.807) is 0 Å². The molecule has 6 nitrogen and oxygen atoms in total. The summed E-state index contributed by atoms with van der Waals surface area (Å²) in [4.78, 5) is 0. The van der Waals surface area contributed by atoms with E-state index in [0.717, 1.165) is 25.7 Å². The van der Waals surface area contributed by atoms with Crippen LogP contribution in [0.5, 0.6) is 0 Å². The quantitative estimate of drug-likeness (QED) is 0.417. The van der Waals surface area contributed by atoms with Gasteiger partial charge in [0.05, 0.1) is 11.1 Å². The molecule has 0 saturated carbocycles. The van der Waals surface area contributed by atoms with Crippen molar-refractivity contribution in [3.05, 3.63) is 55.7 Å². The Balaban J connectivity index is 2.62. The molecule has 1 aromatic rings. The maximum absolute atomic E-state index is 10.2. The van der Waals surface area contributed by atoms with Gasteiger partial charge in [-0.3, -0.25) is 0 Å². The van der Waals surface area contributed by atoms with E-state index in [1.165, 1.54) is 0 Å². The van der Waals surface area contributed by atoms with Gasteiger partial charge in [-0.2, -0.15) is 31.6 Å². The third-order valence-electron chi connectivity index (χ3n) is 6.94. The molecule has 2 aliphatic rings. The van der Waals surface area contributed by atoms with Crippen LogP contribution in [0.3, 0.4) is 0 Å². The van der Waals surface area contributed by atoms with Crippen LogP contribution in [0.4, 0.5) is 0 Å². The van der Waals surface area contributed by atoms with Gasteiger partial charge in [0.25, 0.3) is 0 Å². The number of hydrogen-bond acceptors (Lipinski definition) is 6. The fourth-order valence-corrected chi connectivity index (χ4v) is 5.38. The lowest BCUT2D eigenvalue weighted by atomic mass is 9.83. The molecule has 1 aromatic carbocycles. The van der Waals surface area contributed by atoms with E-state index < -0.39 is 0 Å². The Bertz CT molecular complexity index is 1410. The Morgan fingerprint density at radius 3 is 1.14 bits per heavy atom. The van der Waals surface area contributed by atoms with Crippen molar-refractivity contribution in [2.75, 3.05) is 0 Å². The maximum atomic E-state index is 10.2. The molecule has 0 spiro atoms. The van der Waals surface area contributed by atoms with Crippen molar-refractivity contribution in [2.24, 2.45) is 0 Å². The zero-order chi connectivity index (χ0) is 26.6. The van der Waals surface area contributed by atoms with Crippen molar-refractivity contribution >= 4 is 22.3 Å². The molecule has 2 aliphatic carbocycles. The molecule has 0 amide bonds. The van der Waals surface area contributed by atoms with Crippen LogP contribution in [0.1, 0.15) is 85.8 Å². The minimum Gasteiger partial charge on any atom is -0.192 e. The summed E-state index contributed by atoms with van der Waals surface area (Å²) in [7, 11) is 0. The van der Waals surface area contributed by atoms with Crippen LogP contribution in [0, 0.1) is 81.8 Å². The highest BCUT2D eigenvalue weighted by atomic mass is 14.4. The van der Waals surface area contributed by atoms with Crippen molar-refractivity contribution in [2.45, 2.75) is 66.2 Å². The number of rotatable bonds is 6. The highest BCUT2D eigenvalue weighted by Crippen LogP contribution is 2.55. The van der Waals surface area contributed by atoms with Crippen molar-refractivity contribution in [3.8, 4) is 36.4 Å². The molecule has 6 heteroatoms. The van der Waals surface area contributed by atoms with Crippen LogP contribution < -0.4 is 0 Å². The van der Waals surface area contributed by atoms with Crippen molar-refractivity contribution in [1.82, 2.24) is 0 Å². The zero-order valence-electron chi connectivity index (χ0n) is 20.9. The lowest BCUT2D eigenvalue weighted by Crippen LogP contribution is -2.03. The number of hydrogen-bond donors (Lipinski definition) is 0. The molecule has 0 aromatic heterocycles. The molecule has 0 heterocycles. The molecule has 0 bridgehead atoms. The number of fused-ring (bicyclic) bond motifs is 2. The van der Waals surface area contributed by atoms with Crippen molar-refractivity contribution in [1.29, 1.82) is 31.6 Å². The second-order valence-electron chi connectivity index (χ2n) is 8.84. The molecular weight excluding hydrogens is 444 g/mol. The van der Waals surface area contributed by atoms with E-state index in [2.05, 4.69) is 12.1 Å². The number of nitriles is 6. The average molecular weight is 469 g/mol. The fourth-order valence-electron chi connectivity index (χ4n) is 5.38. The molecule has 0 aliphatic heterocycles. The molecular formula is C30H24N6. The summed E-state index contributed by atoms with van der Waals surface area (Å²) < 4.78 is 0. The van der Waals surface area contributed by atoms with Gasteiger partial charge in [-0.15, -0.1) is 0 Å². The van der Waals surface area contributed by atoms with Crippen LogP contribution in [0.25, 0.3) is 22.3 Å². The predicted molar refractivity (Wildman–Crippen MR) is 136 cm³/mol. The Morgan fingerprint density at radius 1 is 0.556 bits per heavy atom. The lowest BCUT2D eigenvalue weighted by molar-refractivity contribution is 0.802. The molecule has 36 heavy (non-hydrogen) atoms. The first-order valence-electron chi connectivity index (χ1n) is 12.0. The second-order valence-corrected chi connectivity index (χ2v) is 8.84. The number of benzene rings is 1. The summed E-state index contributed by atoms with van der Waals surface area (Å²) in [5.41, 5.74) is 6.84. The van der Waals surface area contributed by atoms with Gasteiger partial charge in [0, 0.05) is 22.3 Å².